The monoisotopic (exact) mass is 257 g/mol. The average Bonchev–Trinajstić information content (AvgIpc) is 2.58. The minimum Gasteiger partial charge on any atom is -0.481 e. The molecule has 6 heteroatoms. The van der Waals surface area contributed by atoms with E-state index in [-0.39, 0.29) is 18.0 Å². The van der Waals surface area contributed by atoms with Crippen molar-refractivity contribution in [1.29, 1.82) is 0 Å². The third-order valence-corrected chi connectivity index (χ3v) is 2.88. The summed E-state index contributed by atoms with van der Waals surface area (Å²) in [5.41, 5.74) is 0.295. The summed E-state index contributed by atoms with van der Waals surface area (Å²) in [5, 5.41) is 8.98. The third-order valence-electron chi connectivity index (χ3n) is 2.66. The SMILES string of the molecule is O=C(O)C1CCN(c2cc(F)cc(Cl)c2)C1=O. The van der Waals surface area contributed by atoms with Gasteiger partial charge in [-0.1, -0.05) is 11.6 Å². The Morgan fingerprint density at radius 2 is 2.18 bits per heavy atom. The van der Waals surface area contributed by atoms with E-state index in [4.69, 9.17) is 16.7 Å². The van der Waals surface area contributed by atoms with Gasteiger partial charge in [-0.15, -0.1) is 0 Å². The van der Waals surface area contributed by atoms with Gasteiger partial charge in [-0.2, -0.15) is 0 Å². The number of carbonyl (C=O) groups excluding carboxylic acids is 1. The largest absolute Gasteiger partial charge is 0.481 e. The van der Waals surface area contributed by atoms with Crippen molar-refractivity contribution in [2.45, 2.75) is 6.42 Å². The van der Waals surface area contributed by atoms with Crippen LogP contribution in [-0.2, 0) is 9.59 Å². The van der Waals surface area contributed by atoms with Gasteiger partial charge in [-0.25, -0.2) is 4.39 Å². The number of aliphatic carboxylic acids is 1. The van der Waals surface area contributed by atoms with Crippen LogP contribution in [0, 0.1) is 11.7 Å². The Morgan fingerprint density at radius 1 is 1.47 bits per heavy atom. The molecule has 1 amide bonds. The molecule has 0 bridgehead atoms. The van der Waals surface area contributed by atoms with E-state index >= 15 is 0 Å². The van der Waals surface area contributed by atoms with Crippen molar-refractivity contribution in [3.8, 4) is 0 Å². The van der Waals surface area contributed by atoms with Crippen molar-refractivity contribution < 1.29 is 19.1 Å². The van der Waals surface area contributed by atoms with Gasteiger partial charge in [0, 0.05) is 17.3 Å². The highest BCUT2D eigenvalue weighted by atomic mass is 35.5. The molecule has 1 unspecified atom stereocenters. The Balaban J connectivity index is 2.30. The molecule has 90 valence electrons. The highest BCUT2D eigenvalue weighted by Crippen LogP contribution is 2.28. The predicted molar refractivity (Wildman–Crippen MR) is 59.5 cm³/mol. The molecule has 17 heavy (non-hydrogen) atoms. The van der Waals surface area contributed by atoms with Gasteiger partial charge in [0.25, 0.3) is 0 Å². The summed E-state index contributed by atoms with van der Waals surface area (Å²) < 4.78 is 13.1. The Labute approximate surface area is 102 Å². The molecule has 2 rings (SSSR count). The topological polar surface area (TPSA) is 57.6 Å². The van der Waals surface area contributed by atoms with Gasteiger partial charge in [0.15, 0.2) is 0 Å². The molecule has 1 atom stereocenters. The van der Waals surface area contributed by atoms with Crippen LogP contribution in [0.15, 0.2) is 18.2 Å². The van der Waals surface area contributed by atoms with Gasteiger partial charge in [-0.05, 0) is 24.6 Å². The van der Waals surface area contributed by atoms with Crippen LogP contribution in [0.1, 0.15) is 6.42 Å². The maximum atomic E-state index is 13.1. The lowest BCUT2D eigenvalue weighted by Gasteiger charge is -2.16. The first kappa shape index (κ1) is 11.9. The Bertz CT molecular complexity index is 471. The number of hydrogen-bond donors (Lipinski definition) is 1. The van der Waals surface area contributed by atoms with Crippen LogP contribution in [0.25, 0.3) is 0 Å². The summed E-state index contributed by atoms with van der Waals surface area (Å²) in [4.78, 5) is 23.8. The zero-order chi connectivity index (χ0) is 12.6. The fourth-order valence-electron chi connectivity index (χ4n) is 1.86. The van der Waals surface area contributed by atoms with Gasteiger partial charge < -0.3 is 10.0 Å². The van der Waals surface area contributed by atoms with E-state index in [9.17, 15) is 14.0 Å². The number of amides is 1. The minimum atomic E-state index is -1.15. The lowest BCUT2D eigenvalue weighted by atomic mass is 10.1. The van der Waals surface area contributed by atoms with Crippen molar-refractivity contribution in [3.63, 3.8) is 0 Å². The molecule has 1 saturated heterocycles. The molecule has 1 aromatic carbocycles. The van der Waals surface area contributed by atoms with E-state index in [0.717, 1.165) is 12.1 Å². The molecule has 0 radical (unpaired) electrons. The van der Waals surface area contributed by atoms with E-state index in [0.29, 0.717) is 5.69 Å². The Kier molecular flexibility index (Phi) is 3.02. The fourth-order valence-corrected chi connectivity index (χ4v) is 2.08. The van der Waals surface area contributed by atoms with Crippen LogP contribution in [0.5, 0.6) is 0 Å². The van der Waals surface area contributed by atoms with E-state index < -0.39 is 23.6 Å². The number of hydrogen-bond acceptors (Lipinski definition) is 2. The highest BCUT2D eigenvalue weighted by molar-refractivity contribution is 6.31. The second-order valence-electron chi connectivity index (χ2n) is 3.80. The molecule has 0 spiro atoms. The summed E-state index contributed by atoms with van der Waals surface area (Å²) >= 11 is 5.68. The Morgan fingerprint density at radius 3 is 2.71 bits per heavy atom. The first-order valence-electron chi connectivity index (χ1n) is 4.99. The molecule has 1 aromatic rings. The molecule has 0 aromatic heterocycles. The zero-order valence-electron chi connectivity index (χ0n) is 8.69. The van der Waals surface area contributed by atoms with E-state index in [1.807, 2.05) is 0 Å². The maximum absolute atomic E-state index is 13.1. The fraction of sp³-hybridized carbons (Fsp3) is 0.273. The number of rotatable bonds is 2. The molecule has 1 N–H and O–H groups in total. The van der Waals surface area contributed by atoms with Gasteiger partial charge in [0.1, 0.15) is 11.7 Å². The molecule has 4 nitrogen and oxygen atoms in total. The second kappa shape index (κ2) is 4.33. The molecule has 1 aliphatic rings. The molecule has 1 heterocycles. The average molecular weight is 258 g/mol. The summed E-state index contributed by atoms with van der Waals surface area (Å²) in [6.07, 6.45) is 0.225. The van der Waals surface area contributed by atoms with Crippen LogP contribution < -0.4 is 4.90 Å². The summed E-state index contributed by atoms with van der Waals surface area (Å²) in [7, 11) is 0. The molecule has 1 fully saturated rings. The lowest BCUT2D eigenvalue weighted by Crippen LogP contribution is -2.30. The maximum Gasteiger partial charge on any atom is 0.316 e. The summed E-state index contributed by atoms with van der Waals surface area (Å²) in [5.74, 6) is -3.28. The zero-order valence-corrected chi connectivity index (χ0v) is 9.45. The van der Waals surface area contributed by atoms with Crippen molar-refractivity contribution >= 4 is 29.2 Å². The summed E-state index contributed by atoms with van der Waals surface area (Å²) in [6.45, 7) is 0.260. The van der Waals surface area contributed by atoms with Crippen molar-refractivity contribution in [2.24, 2.45) is 5.92 Å². The van der Waals surface area contributed by atoms with Gasteiger partial charge >= 0.3 is 5.97 Å². The molecule has 1 aliphatic heterocycles. The van der Waals surface area contributed by atoms with Gasteiger partial charge in [0.2, 0.25) is 5.91 Å². The smallest absolute Gasteiger partial charge is 0.316 e. The lowest BCUT2D eigenvalue weighted by molar-refractivity contribution is -0.144. The van der Waals surface area contributed by atoms with Gasteiger partial charge in [-0.3, -0.25) is 9.59 Å². The van der Waals surface area contributed by atoms with Crippen LogP contribution in [0.2, 0.25) is 5.02 Å². The van der Waals surface area contributed by atoms with Crippen LogP contribution in [0.3, 0.4) is 0 Å². The number of benzene rings is 1. The number of carboxylic acids is 1. The third kappa shape index (κ3) is 2.24. The number of anilines is 1. The minimum absolute atomic E-state index is 0.173. The van der Waals surface area contributed by atoms with Crippen LogP contribution >= 0.6 is 11.6 Å². The predicted octanol–water partition coefficient (Wildman–Crippen LogP) is 1.92. The number of carboxylic acid groups (broad SMARTS) is 1. The van der Waals surface area contributed by atoms with Crippen LogP contribution in [-0.4, -0.2) is 23.5 Å². The first-order valence-corrected chi connectivity index (χ1v) is 5.37. The molecular formula is C11H9ClFNO3. The molecule has 0 aliphatic carbocycles. The van der Waals surface area contributed by atoms with Crippen molar-refractivity contribution in [2.75, 3.05) is 11.4 Å². The molecule has 0 saturated carbocycles. The number of halogens is 2. The van der Waals surface area contributed by atoms with E-state index in [1.165, 1.54) is 11.0 Å². The second-order valence-corrected chi connectivity index (χ2v) is 4.23. The van der Waals surface area contributed by atoms with E-state index in [1.54, 1.807) is 0 Å². The first-order chi connectivity index (χ1) is 7.99. The van der Waals surface area contributed by atoms with Crippen molar-refractivity contribution in [3.05, 3.63) is 29.0 Å². The highest BCUT2D eigenvalue weighted by Gasteiger charge is 2.37. The standard InChI is InChI=1S/C11H9ClFNO3/c12-6-3-7(13)5-8(4-6)14-2-1-9(10(14)15)11(16)17/h3-5,9H,1-2H2,(H,16,17). The summed E-state index contributed by atoms with van der Waals surface area (Å²) in [6, 6.07) is 3.72. The number of nitrogens with zero attached hydrogens (tertiary/aromatic N) is 1. The van der Waals surface area contributed by atoms with Crippen molar-refractivity contribution in [1.82, 2.24) is 0 Å². The molecular weight excluding hydrogens is 249 g/mol. The quantitative estimate of drug-likeness (QED) is 0.824. The van der Waals surface area contributed by atoms with Gasteiger partial charge in [0.05, 0.1) is 0 Å². The Hall–Kier alpha value is -1.62. The number of carbonyl (C=O) groups is 2. The van der Waals surface area contributed by atoms with Crippen LogP contribution in [0.4, 0.5) is 10.1 Å². The van der Waals surface area contributed by atoms with E-state index in [2.05, 4.69) is 0 Å². The normalized spacial score (nSPS) is 19.8.